The summed E-state index contributed by atoms with van der Waals surface area (Å²) in [6, 6.07) is 11.5. The smallest absolute Gasteiger partial charge is 0.265 e. The Bertz CT molecular complexity index is 883. The van der Waals surface area contributed by atoms with E-state index in [2.05, 4.69) is 16.0 Å². The molecule has 2 aromatic rings. The molecule has 7 nitrogen and oxygen atoms in total. The molecule has 27 heavy (non-hydrogen) atoms. The van der Waals surface area contributed by atoms with Crippen molar-refractivity contribution < 1.29 is 19.1 Å². The molecule has 3 rings (SSSR count). The first-order valence-corrected chi connectivity index (χ1v) is 8.75. The number of amides is 3. The molecule has 0 bridgehead atoms. The molecular formula is C19H18ClN3O4. The summed E-state index contributed by atoms with van der Waals surface area (Å²) in [7, 11) is 0. The molecule has 1 atom stereocenters. The second-order valence-corrected chi connectivity index (χ2v) is 6.46. The van der Waals surface area contributed by atoms with E-state index in [1.807, 2.05) is 0 Å². The molecule has 1 aliphatic rings. The number of hydrogen-bond acceptors (Lipinski definition) is 4. The Balaban J connectivity index is 1.49. The Labute approximate surface area is 161 Å². The van der Waals surface area contributed by atoms with Crippen molar-refractivity contribution in [3.63, 3.8) is 0 Å². The van der Waals surface area contributed by atoms with Crippen molar-refractivity contribution in [1.82, 2.24) is 5.32 Å². The van der Waals surface area contributed by atoms with Gasteiger partial charge in [0, 0.05) is 29.2 Å². The number of benzene rings is 2. The molecule has 0 spiro atoms. The monoisotopic (exact) mass is 387 g/mol. The van der Waals surface area contributed by atoms with Crippen LogP contribution in [0.1, 0.15) is 23.7 Å². The average molecular weight is 388 g/mol. The van der Waals surface area contributed by atoms with E-state index < -0.39 is 6.10 Å². The summed E-state index contributed by atoms with van der Waals surface area (Å²) in [5.74, 6) is -0.226. The first-order chi connectivity index (χ1) is 12.9. The third-order valence-corrected chi connectivity index (χ3v) is 4.19. The van der Waals surface area contributed by atoms with E-state index in [0.29, 0.717) is 27.7 Å². The van der Waals surface area contributed by atoms with E-state index in [1.165, 1.54) is 0 Å². The minimum absolute atomic E-state index is 0.107. The molecule has 0 aliphatic carbocycles. The zero-order valence-corrected chi connectivity index (χ0v) is 15.3. The number of fused-ring (bicyclic) bond motifs is 1. The summed E-state index contributed by atoms with van der Waals surface area (Å²) in [5.41, 5.74) is 1.51. The van der Waals surface area contributed by atoms with Gasteiger partial charge >= 0.3 is 0 Å². The predicted molar refractivity (Wildman–Crippen MR) is 102 cm³/mol. The van der Waals surface area contributed by atoms with E-state index in [1.54, 1.807) is 49.4 Å². The van der Waals surface area contributed by atoms with Gasteiger partial charge in [0.15, 0.2) is 6.10 Å². The number of anilines is 2. The fourth-order valence-electron chi connectivity index (χ4n) is 2.50. The van der Waals surface area contributed by atoms with Crippen LogP contribution in [0.25, 0.3) is 0 Å². The third-order valence-electron chi connectivity index (χ3n) is 3.94. The molecule has 0 fully saturated rings. The van der Waals surface area contributed by atoms with E-state index in [4.69, 9.17) is 16.3 Å². The van der Waals surface area contributed by atoms with Crippen LogP contribution in [0, 0.1) is 0 Å². The highest BCUT2D eigenvalue weighted by atomic mass is 35.5. The number of hydrogen-bond donors (Lipinski definition) is 3. The van der Waals surface area contributed by atoms with Gasteiger partial charge in [-0.3, -0.25) is 14.4 Å². The van der Waals surface area contributed by atoms with Gasteiger partial charge in [-0.25, -0.2) is 0 Å². The maximum atomic E-state index is 12.1. The van der Waals surface area contributed by atoms with Crippen molar-refractivity contribution in [2.75, 3.05) is 17.2 Å². The lowest BCUT2D eigenvalue weighted by Gasteiger charge is -2.23. The number of halogens is 1. The first-order valence-electron chi connectivity index (χ1n) is 8.37. The van der Waals surface area contributed by atoms with E-state index in [-0.39, 0.29) is 30.7 Å². The van der Waals surface area contributed by atoms with Gasteiger partial charge in [-0.2, -0.15) is 0 Å². The minimum atomic E-state index is -0.554. The molecule has 3 amide bonds. The summed E-state index contributed by atoms with van der Waals surface area (Å²) in [6.45, 7) is 1.85. The zero-order valence-electron chi connectivity index (χ0n) is 14.5. The van der Waals surface area contributed by atoms with Gasteiger partial charge in [0.2, 0.25) is 5.91 Å². The van der Waals surface area contributed by atoms with Crippen molar-refractivity contribution >= 4 is 40.7 Å². The Hall–Kier alpha value is -3.06. The average Bonchev–Trinajstić information content (AvgIpc) is 2.63. The molecule has 3 N–H and O–H groups in total. The van der Waals surface area contributed by atoms with Crippen molar-refractivity contribution in [2.24, 2.45) is 0 Å². The Morgan fingerprint density at radius 3 is 2.67 bits per heavy atom. The quantitative estimate of drug-likeness (QED) is 0.735. The van der Waals surface area contributed by atoms with Crippen LogP contribution in [-0.4, -0.2) is 30.4 Å². The number of ether oxygens (including phenoxy) is 1. The lowest BCUT2D eigenvalue weighted by molar-refractivity contribution is -0.122. The van der Waals surface area contributed by atoms with Crippen LogP contribution in [0.15, 0.2) is 42.5 Å². The SMILES string of the molecule is C[C@H]1Oc2ccc(NC(=O)CCNC(=O)c3ccc(Cl)cc3)cc2NC1=O. The van der Waals surface area contributed by atoms with Crippen LogP contribution >= 0.6 is 11.6 Å². The Morgan fingerprint density at radius 2 is 1.93 bits per heavy atom. The summed E-state index contributed by atoms with van der Waals surface area (Å²) in [4.78, 5) is 35.7. The third kappa shape index (κ3) is 4.77. The second-order valence-electron chi connectivity index (χ2n) is 6.02. The van der Waals surface area contributed by atoms with E-state index in [0.717, 1.165) is 0 Å². The molecule has 140 valence electrons. The first kappa shape index (κ1) is 18.7. The van der Waals surface area contributed by atoms with Gasteiger partial charge in [0.05, 0.1) is 5.69 Å². The van der Waals surface area contributed by atoms with Crippen LogP contribution < -0.4 is 20.7 Å². The fourth-order valence-corrected chi connectivity index (χ4v) is 2.63. The van der Waals surface area contributed by atoms with Crippen molar-refractivity contribution in [3.8, 4) is 5.75 Å². The standard InChI is InChI=1S/C19H18ClN3O4/c1-11-18(25)23-15-10-14(6-7-16(15)27-11)22-17(24)8-9-21-19(26)12-2-4-13(20)5-3-12/h2-7,10-11H,8-9H2,1H3,(H,21,26)(H,22,24)(H,23,25)/t11-/m1/s1. The Kier molecular flexibility index (Phi) is 5.61. The van der Waals surface area contributed by atoms with Crippen LogP contribution in [0.3, 0.4) is 0 Å². The number of carbonyl (C=O) groups excluding carboxylic acids is 3. The van der Waals surface area contributed by atoms with Crippen molar-refractivity contribution in [3.05, 3.63) is 53.1 Å². The van der Waals surface area contributed by atoms with Gasteiger partial charge in [0.25, 0.3) is 11.8 Å². The zero-order chi connectivity index (χ0) is 19.4. The highest BCUT2D eigenvalue weighted by Crippen LogP contribution is 2.32. The van der Waals surface area contributed by atoms with Gasteiger partial charge in [-0.15, -0.1) is 0 Å². The van der Waals surface area contributed by atoms with Gasteiger partial charge < -0.3 is 20.7 Å². The summed E-state index contributed by atoms with van der Waals surface area (Å²) in [5, 5.41) is 8.67. The van der Waals surface area contributed by atoms with Gasteiger partial charge in [-0.05, 0) is 49.4 Å². The molecule has 0 saturated heterocycles. The molecule has 2 aromatic carbocycles. The fraction of sp³-hybridized carbons (Fsp3) is 0.211. The van der Waals surface area contributed by atoms with Crippen LogP contribution in [-0.2, 0) is 9.59 Å². The lowest BCUT2D eigenvalue weighted by Crippen LogP contribution is -2.34. The molecule has 0 unspecified atom stereocenters. The van der Waals surface area contributed by atoms with Gasteiger partial charge in [0.1, 0.15) is 5.75 Å². The maximum Gasteiger partial charge on any atom is 0.265 e. The van der Waals surface area contributed by atoms with Gasteiger partial charge in [-0.1, -0.05) is 11.6 Å². The topological polar surface area (TPSA) is 96.5 Å². The van der Waals surface area contributed by atoms with Crippen LogP contribution in [0.5, 0.6) is 5.75 Å². The minimum Gasteiger partial charge on any atom is -0.479 e. The molecular weight excluding hydrogens is 370 g/mol. The molecule has 1 heterocycles. The normalized spacial score (nSPS) is 15.2. The number of rotatable bonds is 5. The maximum absolute atomic E-state index is 12.1. The lowest BCUT2D eigenvalue weighted by atomic mass is 10.2. The van der Waals surface area contributed by atoms with Crippen LogP contribution in [0.4, 0.5) is 11.4 Å². The predicted octanol–water partition coefficient (Wildman–Crippen LogP) is 2.82. The van der Waals surface area contributed by atoms with Crippen molar-refractivity contribution in [2.45, 2.75) is 19.4 Å². The summed E-state index contributed by atoms with van der Waals surface area (Å²) < 4.78 is 5.46. The largest absolute Gasteiger partial charge is 0.479 e. The summed E-state index contributed by atoms with van der Waals surface area (Å²) in [6.07, 6.45) is -0.446. The molecule has 0 radical (unpaired) electrons. The highest BCUT2D eigenvalue weighted by molar-refractivity contribution is 6.30. The second kappa shape index (κ2) is 8.09. The van der Waals surface area contributed by atoms with Crippen LogP contribution in [0.2, 0.25) is 5.02 Å². The summed E-state index contributed by atoms with van der Waals surface area (Å²) >= 11 is 5.78. The van der Waals surface area contributed by atoms with E-state index in [9.17, 15) is 14.4 Å². The molecule has 0 saturated carbocycles. The van der Waals surface area contributed by atoms with E-state index >= 15 is 0 Å². The molecule has 0 aromatic heterocycles. The molecule has 8 heteroatoms. The Morgan fingerprint density at radius 1 is 1.19 bits per heavy atom. The number of carbonyl (C=O) groups is 3. The molecule has 1 aliphatic heterocycles. The van der Waals surface area contributed by atoms with Crippen molar-refractivity contribution in [1.29, 1.82) is 0 Å². The highest BCUT2D eigenvalue weighted by Gasteiger charge is 2.23. The number of nitrogens with one attached hydrogen (secondary N) is 3.